The van der Waals surface area contributed by atoms with Gasteiger partial charge in [0.15, 0.2) is 5.78 Å². The van der Waals surface area contributed by atoms with Crippen molar-refractivity contribution in [1.82, 2.24) is 4.31 Å². The molecule has 0 aliphatic heterocycles. The van der Waals surface area contributed by atoms with Crippen molar-refractivity contribution in [3.05, 3.63) is 29.8 Å². The van der Waals surface area contributed by atoms with Gasteiger partial charge in [-0.2, -0.15) is 4.31 Å². The first kappa shape index (κ1) is 17.9. The van der Waals surface area contributed by atoms with Crippen LogP contribution in [0.25, 0.3) is 0 Å². The maximum Gasteiger partial charge on any atom is 0.243 e. The standard InChI is InChI=1S/C16H25NO3S/c1-5-13(6-2)16(18)14-9-11-15(12-10-14)21(19,20)17(7-3)8-4/h9-13H,5-8H2,1-4H3. The fraction of sp³-hybridized carbons (Fsp3) is 0.562. The van der Waals surface area contributed by atoms with Crippen LogP contribution >= 0.6 is 0 Å². The second-order valence-electron chi connectivity index (χ2n) is 4.99. The lowest BCUT2D eigenvalue weighted by Gasteiger charge is -2.18. The molecule has 1 aromatic carbocycles. The van der Waals surface area contributed by atoms with Crippen molar-refractivity contribution in [3.8, 4) is 0 Å². The number of rotatable bonds is 8. The zero-order chi connectivity index (χ0) is 16.0. The average molecular weight is 311 g/mol. The van der Waals surface area contributed by atoms with E-state index in [2.05, 4.69) is 0 Å². The highest BCUT2D eigenvalue weighted by Gasteiger charge is 2.22. The topological polar surface area (TPSA) is 54.5 Å². The van der Waals surface area contributed by atoms with Gasteiger partial charge in [-0.05, 0) is 25.0 Å². The van der Waals surface area contributed by atoms with Crippen LogP contribution in [0.1, 0.15) is 50.9 Å². The molecule has 4 nitrogen and oxygen atoms in total. The van der Waals surface area contributed by atoms with Gasteiger partial charge in [0.2, 0.25) is 10.0 Å². The maximum absolute atomic E-state index is 12.4. The summed E-state index contributed by atoms with van der Waals surface area (Å²) in [7, 11) is -3.45. The van der Waals surface area contributed by atoms with E-state index in [0.717, 1.165) is 12.8 Å². The fourth-order valence-corrected chi connectivity index (χ4v) is 3.86. The molecule has 0 N–H and O–H groups in total. The molecule has 0 spiro atoms. The van der Waals surface area contributed by atoms with Crippen molar-refractivity contribution in [1.29, 1.82) is 0 Å². The van der Waals surface area contributed by atoms with E-state index in [1.807, 2.05) is 27.7 Å². The van der Waals surface area contributed by atoms with Gasteiger partial charge in [-0.15, -0.1) is 0 Å². The van der Waals surface area contributed by atoms with E-state index >= 15 is 0 Å². The minimum absolute atomic E-state index is 0.00948. The second kappa shape index (κ2) is 7.71. The summed E-state index contributed by atoms with van der Waals surface area (Å²) in [5.41, 5.74) is 0.585. The molecule has 0 aliphatic carbocycles. The van der Waals surface area contributed by atoms with Crippen LogP contribution in [-0.4, -0.2) is 31.6 Å². The fourth-order valence-electron chi connectivity index (χ4n) is 2.40. The number of carbonyl (C=O) groups is 1. The van der Waals surface area contributed by atoms with Crippen LogP contribution in [-0.2, 0) is 10.0 Å². The summed E-state index contributed by atoms with van der Waals surface area (Å²) in [6.45, 7) is 8.48. The zero-order valence-corrected chi connectivity index (χ0v) is 14.1. The number of carbonyl (C=O) groups excluding carboxylic acids is 1. The monoisotopic (exact) mass is 311 g/mol. The number of sulfonamides is 1. The van der Waals surface area contributed by atoms with E-state index in [-0.39, 0.29) is 16.6 Å². The van der Waals surface area contributed by atoms with E-state index in [1.165, 1.54) is 16.4 Å². The molecule has 0 bridgehead atoms. The number of hydrogen-bond acceptors (Lipinski definition) is 3. The molecule has 0 heterocycles. The van der Waals surface area contributed by atoms with Crippen molar-refractivity contribution in [2.24, 2.45) is 5.92 Å². The van der Waals surface area contributed by atoms with E-state index in [0.29, 0.717) is 18.7 Å². The molecule has 0 aromatic heterocycles. The van der Waals surface area contributed by atoms with Crippen molar-refractivity contribution in [3.63, 3.8) is 0 Å². The van der Waals surface area contributed by atoms with Crippen LogP contribution in [0.4, 0.5) is 0 Å². The smallest absolute Gasteiger partial charge is 0.243 e. The Labute approximate surface area is 128 Å². The van der Waals surface area contributed by atoms with Crippen molar-refractivity contribution in [2.45, 2.75) is 45.4 Å². The average Bonchev–Trinajstić information content (AvgIpc) is 2.49. The Balaban J connectivity index is 3.05. The molecule has 0 saturated heterocycles. The van der Waals surface area contributed by atoms with Crippen LogP contribution in [0, 0.1) is 5.92 Å². The largest absolute Gasteiger partial charge is 0.294 e. The number of Topliss-reactive ketones (excluding diaryl/α,β-unsaturated/α-hetero) is 1. The Morgan fingerprint density at radius 2 is 1.48 bits per heavy atom. The molecule has 0 radical (unpaired) electrons. The van der Waals surface area contributed by atoms with Gasteiger partial charge >= 0.3 is 0 Å². The van der Waals surface area contributed by atoms with Crippen molar-refractivity contribution < 1.29 is 13.2 Å². The number of hydrogen-bond donors (Lipinski definition) is 0. The van der Waals surface area contributed by atoms with Crippen molar-refractivity contribution in [2.75, 3.05) is 13.1 Å². The molecule has 0 fully saturated rings. The first-order chi connectivity index (χ1) is 9.92. The summed E-state index contributed by atoms with van der Waals surface area (Å²) in [5.74, 6) is 0.0991. The van der Waals surface area contributed by atoms with Gasteiger partial charge in [-0.25, -0.2) is 8.42 Å². The summed E-state index contributed by atoms with van der Waals surface area (Å²) in [5, 5.41) is 0. The lowest BCUT2D eigenvalue weighted by molar-refractivity contribution is 0.0913. The van der Waals surface area contributed by atoms with E-state index in [1.54, 1.807) is 12.1 Å². The Hall–Kier alpha value is -1.20. The van der Waals surface area contributed by atoms with E-state index < -0.39 is 10.0 Å². The second-order valence-corrected chi connectivity index (χ2v) is 6.93. The third-order valence-electron chi connectivity index (χ3n) is 3.84. The number of ketones is 1. The molecule has 0 unspecified atom stereocenters. The van der Waals surface area contributed by atoms with Crippen LogP contribution < -0.4 is 0 Å². The highest BCUT2D eigenvalue weighted by atomic mass is 32.2. The Bertz CT molecular complexity index is 556. The molecule has 0 saturated carbocycles. The molecule has 0 atom stereocenters. The van der Waals surface area contributed by atoms with E-state index in [9.17, 15) is 13.2 Å². The molecule has 1 rings (SSSR count). The first-order valence-corrected chi connectivity index (χ1v) is 9.00. The predicted octanol–water partition coefficient (Wildman–Crippen LogP) is 3.34. The van der Waals surface area contributed by atoms with Gasteiger partial charge in [-0.3, -0.25) is 4.79 Å². The van der Waals surface area contributed by atoms with E-state index in [4.69, 9.17) is 0 Å². The molecule has 21 heavy (non-hydrogen) atoms. The van der Waals surface area contributed by atoms with Crippen LogP contribution in [0.3, 0.4) is 0 Å². The Morgan fingerprint density at radius 1 is 1.00 bits per heavy atom. The summed E-state index contributed by atoms with van der Waals surface area (Å²) < 4.78 is 26.1. The van der Waals surface area contributed by atoms with Crippen molar-refractivity contribution >= 4 is 15.8 Å². The molecular weight excluding hydrogens is 286 g/mol. The molecule has 0 aliphatic rings. The quantitative estimate of drug-likeness (QED) is 0.692. The summed E-state index contributed by atoms with van der Waals surface area (Å²) in [4.78, 5) is 12.5. The highest BCUT2D eigenvalue weighted by molar-refractivity contribution is 7.89. The number of nitrogens with zero attached hydrogens (tertiary/aromatic N) is 1. The summed E-state index contributed by atoms with van der Waals surface area (Å²) >= 11 is 0. The van der Waals surface area contributed by atoms with Gasteiger partial charge in [-0.1, -0.05) is 39.8 Å². The summed E-state index contributed by atoms with van der Waals surface area (Å²) in [6, 6.07) is 6.31. The molecule has 1 aromatic rings. The molecule has 118 valence electrons. The molecule has 5 heteroatoms. The van der Waals surface area contributed by atoms with Crippen LogP contribution in [0.5, 0.6) is 0 Å². The first-order valence-electron chi connectivity index (χ1n) is 7.56. The Morgan fingerprint density at radius 3 is 1.86 bits per heavy atom. The molecule has 0 amide bonds. The SMILES string of the molecule is CCC(CC)C(=O)c1ccc(S(=O)(=O)N(CC)CC)cc1. The lowest BCUT2D eigenvalue weighted by Crippen LogP contribution is -2.30. The van der Waals surface area contributed by atoms with Gasteiger partial charge in [0.05, 0.1) is 4.90 Å². The van der Waals surface area contributed by atoms with Gasteiger partial charge in [0.1, 0.15) is 0 Å². The molecular formula is C16H25NO3S. The lowest BCUT2D eigenvalue weighted by atomic mass is 9.93. The van der Waals surface area contributed by atoms with Crippen LogP contribution in [0.15, 0.2) is 29.2 Å². The summed E-state index contributed by atoms with van der Waals surface area (Å²) in [6.07, 6.45) is 1.60. The minimum Gasteiger partial charge on any atom is -0.294 e. The van der Waals surface area contributed by atoms with Crippen LogP contribution in [0.2, 0.25) is 0 Å². The van der Waals surface area contributed by atoms with Gasteiger partial charge in [0, 0.05) is 24.6 Å². The van der Waals surface area contributed by atoms with Gasteiger partial charge < -0.3 is 0 Å². The third kappa shape index (κ3) is 3.92. The minimum atomic E-state index is -3.45. The predicted molar refractivity (Wildman–Crippen MR) is 85.0 cm³/mol. The zero-order valence-electron chi connectivity index (χ0n) is 13.3. The normalized spacial score (nSPS) is 12.1. The third-order valence-corrected chi connectivity index (χ3v) is 5.90. The van der Waals surface area contributed by atoms with Gasteiger partial charge in [0.25, 0.3) is 0 Å². The number of benzene rings is 1. The maximum atomic E-state index is 12.4. The highest BCUT2D eigenvalue weighted by Crippen LogP contribution is 2.20. The Kier molecular flexibility index (Phi) is 6.55.